The molecule has 1 atom stereocenters. The van der Waals surface area contributed by atoms with Gasteiger partial charge in [-0.3, -0.25) is 9.69 Å². The fraction of sp³-hybridized carbons (Fsp3) is 0.320. The van der Waals surface area contributed by atoms with Crippen LogP contribution in [0.25, 0.3) is 10.4 Å². The van der Waals surface area contributed by atoms with Gasteiger partial charge in [-0.25, -0.2) is 0 Å². The highest BCUT2D eigenvalue weighted by Gasteiger charge is 2.30. The fourth-order valence-corrected chi connectivity index (χ4v) is 4.85. The zero-order valence-corrected chi connectivity index (χ0v) is 18.4. The molecule has 0 aliphatic carbocycles. The van der Waals surface area contributed by atoms with Gasteiger partial charge >= 0.3 is 6.18 Å². The molecule has 1 N–H and O–H groups in total. The number of hydrogen-bond donors (Lipinski definition) is 1. The quantitative estimate of drug-likeness (QED) is 0.494. The van der Waals surface area contributed by atoms with Gasteiger partial charge in [-0.1, -0.05) is 36.4 Å². The van der Waals surface area contributed by atoms with Crippen molar-refractivity contribution >= 4 is 17.2 Å². The molecule has 7 heteroatoms. The molecule has 0 saturated carbocycles. The Kier molecular flexibility index (Phi) is 6.96. The van der Waals surface area contributed by atoms with Gasteiger partial charge in [-0.2, -0.15) is 13.2 Å². The van der Waals surface area contributed by atoms with Crippen LogP contribution < -0.4 is 5.32 Å². The predicted octanol–water partition coefficient (Wildman–Crippen LogP) is 5.96. The summed E-state index contributed by atoms with van der Waals surface area (Å²) in [7, 11) is 0. The molecule has 1 aliphatic rings. The molecule has 4 rings (SSSR count). The zero-order valence-electron chi connectivity index (χ0n) is 17.6. The van der Waals surface area contributed by atoms with Crippen LogP contribution in [-0.2, 0) is 24.1 Å². The molecule has 1 aromatic heterocycles. The van der Waals surface area contributed by atoms with E-state index >= 15 is 0 Å². The molecule has 2 heterocycles. The van der Waals surface area contributed by atoms with Gasteiger partial charge in [0.15, 0.2) is 0 Å². The van der Waals surface area contributed by atoms with Crippen molar-refractivity contribution in [3.63, 3.8) is 0 Å². The molecule has 1 amide bonds. The van der Waals surface area contributed by atoms with Gasteiger partial charge in [0.2, 0.25) is 5.91 Å². The van der Waals surface area contributed by atoms with Gasteiger partial charge in [0.05, 0.1) is 11.5 Å². The molecular weight excluding hydrogens is 433 g/mol. The van der Waals surface area contributed by atoms with Gasteiger partial charge < -0.3 is 5.32 Å². The van der Waals surface area contributed by atoms with Gasteiger partial charge in [0.25, 0.3) is 0 Å². The van der Waals surface area contributed by atoms with Crippen LogP contribution in [-0.4, -0.2) is 23.9 Å². The lowest BCUT2D eigenvalue weighted by Gasteiger charge is -2.32. The summed E-state index contributed by atoms with van der Waals surface area (Å²) in [4.78, 5) is 16.2. The van der Waals surface area contributed by atoms with E-state index in [2.05, 4.69) is 45.9 Å². The normalized spacial score (nSPS) is 17.3. The summed E-state index contributed by atoms with van der Waals surface area (Å²) < 4.78 is 38.7. The third-order valence-corrected chi connectivity index (χ3v) is 6.66. The Morgan fingerprint density at radius 2 is 1.88 bits per heavy atom. The minimum absolute atomic E-state index is 0.0977. The highest BCUT2D eigenvalue weighted by Crippen LogP contribution is 2.30. The average Bonchev–Trinajstić information content (AvgIpc) is 3.33. The number of rotatable bonds is 6. The fourth-order valence-electron chi connectivity index (χ4n) is 4.13. The summed E-state index contributed by atoms with van der Waals surface area (Å²) in [6.07, 6.45) is -2.67. The largest absolute Gasteiger partial charge is 0.416 e. The number of carbonyl (C=O) groups excluding carboxylic acids is 1. The van der Waals surface area contributed by atoms with Crippen LogP contribution in [0, 0.1) is 5.92 Å². The van der Waals surface area contributed by atoms with Crippen molar-refractivity contribution in [2.45, 2.75) is 32.1 Å². The van der Waals surface area contributed by atoms with E-state index in [1.165, 1.54) is 22.1 Å². The Balaban J connectivity index is 1.33. The Labute approximate surface area is 189 Å². The highest BCUT2D eigenvalue weighted by atomic mass is 32.1. The zero-order chi connectivity index (χ0) is 22.6. The third-order valence-electron chi connectivity index (χ3n) is 5.74. The van der Waals surface area contributed by atoms with Gasteiger partial charge in [-0.15, -0.1) is 11.3 Å². The molecule has 1 unspecified atom stereocenters. The highest BCUT2D eigenvalue weighted by molar-refractivity contribution is 7.13. The first-order valence-electron chi connectivity index (χ1n) is 10.7. The van der Waals surface area contributed by atoms with E-state index in [0.29, 0.717) is 12.1 Å². The second-order valence-corrected chi connectivity index (χ2v) is 9.12. The van der Waals surface area contributed by atoms with Crippen LogP contribution in [0.2, 0.25) is 0 Å². The SMILES string of the molecule is O=C(NCc1cccc(C(F)(F)F)c1)C1CCCN(Cc2cccc(-c3cccs3)c2)C1. The van der Waals surface area contributed by atoms with Crippen LogP contribution in [0.3, 0.4) is 0 Å². The first-order chi connectivity index (χ1) is 15.4. The molecule has 3 aromatic rings. The monoisotopic (exact) mass is 458 g/mol. The van der Waals surface area contributed by atoms with Crippen LogP contribution in [0.5, 0.6) is 0 Å². The summed E-state index contributed by atoms with van der Waals surface area (Å²) in [5.74, 6) is -0.255. The lowest BCUT2D eigenvalue weighted by Crippen LogP contribution is -2.42. The van der Waals surface area contributed by atoms with Crippen molar-refractivity contribution in [1.82, 2.24) is 10.2 Å². The number of carbonyl (C=O) groups is 1. The summed E-state index contributed by atoms with van der Waals surface area (Å²) in [6, 6.07) is 17.7. The first-order valence-corrected chi connectivity index (χ1v) is 11.6. The summed E-state index contributed by atoms with van der Waals surface area (Å²) >= 11 is 1.71. The first kappa shape index (κ1) is 22.6. The topological polar surface area (TPSA) is 32.3 Å². The Morgan fingerprint density at radius 3 is 2.66 bits per heavy atom. The Hall–Kier alpha value is -2.64. The van der Waals surface area contributed by atoms with Crippen LogP contribution >= 0.6 is 11.3 Å². The van der Waals surface area contributed by atoms with Crippen molar-refractivity contribution in [1.29, 1.82) is 0 Å². The van der Waals surface area contributed by atoms with Crippen LogP contribution in [0.15, 0.2) is 66.0 Å². The van der Waals surface area contributed by atoms with E-state index in [4.69, 9.17) is 0 Å². The van der Waals surface area contributed by atoms with Gasteiger partial charge in [0.1, 0.15) is 0 Å². The van der Waals surface area contributed by atoms with Crippen molar-refractivity contribution in [2.24, 2.45) is 5.92 Å². The molecule has 168 valence electrons. The number of piperidine rings is 1. The molecule has 0 spiro atoms. The number of thiophene rings is 1. The number of benzene rings is 2. The molecule has 1 saturated heterocycles. The van der Waals surface area contributed by atoms with E-state index in [1.54, 1.807) is 17.4 Å². The summed E-state index contributed by atoms with van der Waals surface area (Å²) in [5.41, 5.74) is 2.16. The number of amides is 1. The van der Waals surface area contributed by atoms with E-state index in [0.717, 1.165) is 38.1 Å². The second kappa shape index (κ2) is 9.88. The Morgan fingerprint density at radius 1 is 1.06 bits per heavy atom. The van der Waals surface area contributed by atoms with Crippen LogP contribution in [0.4, 0.5) is 13.2 Å². The smallest absolute Gasteiger partial charge is 0.352 e. The number of nitrogens with one attached hydrogen (secondary N) is 1. The average molecular weight is 459 g/mol. The maximum absolute atomic E-state index is 12.9. The van der Waals surface area contributed by atoms with E-state index in [9.17, 15) is 18.0 Å². The lowest BCUT2D eigenvalue weighted by atomic mass is 9.96. The molecule has 2 aromatic carbocycles. The molecular formula is C25H25F3N2OS. The number of likely N-dealkylation sites (tertiary alicyclic amines) is 1. The second-order valence-electron chi connectivity index (χ2n) is 8.17. The number of halogens is 3. The third kappa shape index (κ3) is 5.78. The Bertz CT molecular complexity index is 1050. The number of nitrogens with zero attached hydrogens (tertiary/aromatic N) is 1. The molecule has 32 heavy (non-hydrogen) atoms. The van der Waals surface area contributed by atoms with E-state index in [-0.39, 0.29) is 18.4 Å². The van der Waals surface area contributed by atoms with Crippen molar-refractivity contribution < 1.29 is 18.0 Å². The summed E-state index contributed by atoms with van der Waals surface area (Å²) in [6.45, 7) is 2.46. The van der Waals surface area contributed by atoms with Crippen molar-refractivity contribution in [2.75, 3.05) is 13.1 Å². The van der Waals surface area contributed by atoms with Gasteiger partial charge in [-0.05, 0) is 65.7 Å². The molecule has 3 nitrogen and oxygen atoms in total. The minimum atomic E-state index is -4.38. The van der Waals surface area contributed by atoms with E-state index < -0.39 is 11.7 Å². The van der Waals surface area contributed by atoms with Crippen molar-refractivity contribution in [3.8, 4) is 10.4 Å². The minimum Gasteiger partial charge on any atom is -0.352 e. The summed E-state index contributed by atoms with van der Waals surface area (Å²) in [5, 5.41) is 4.89. The maximum Gasteiger partial charge on any atom is 0.416 e. The number of hydrogen-bond acceptors (Lipinski definition) is 3. The molecule has 1 aliphatic heterocycles. The standard InChI is InChI=1S/C25H25F3N2OS/c26-25(27,28)22-9-2-5-18(14-22)15-29-24(31)21-8-3-11-30(17-21)16-19-6-1-7-20(13-19)23-10-4-12-32-23/h1-2,4-7,9-10,12-14,21H,3,8,11,15-17H2,(H,29,31). The maximum atomic E-state index is 12.9. The van der Waals surface area contributed by atoms with E-state index in [1.807, 2.05) is 6.07 Å². The molecule has 1 fully saturated rings. The molecule has 0 radical (unpaired) electrons. The molecule has 0 bridgehead atoms. The van der Waals surface area contributed by atoms with Crippen molar-refractivity contribution in [3.05, 3.63) is 82.7 Å². The predicted molar refractivity (Wildman–Crippen MR) is 121 cm³/mol. The van der Waals surface area contributed by atoms with Gasteiger partial charge in [0, 0.05) is 24.5 Å². The van der Waals surface area contributed by atoms with Crippen LogP contribution in [0.1, 0.15) is 29.5 Å². The lowest BCUT2D eigenvalue weighted by molar-refractivity contribution is -0.137. The number of alkyl halides is 3.